The van der Waals surface area contributed by atoms with Gasteiger partial charge in [0.25, 0.3) is 0 Å². The van der Waals surface area contributed by atoms with Crippen molar-refractivity contribution < 1.29 is 4.39 Å². The van der Waals surface area contributed by atoms with E-state index >= 15 is 0 Å². The topological polar surface area (TPSA) is 75.4 Å². The van der Waals surface area contributed by atoms with Gasteiger partial charge in [-0.05, 0) is 43.3 Å². The van der Waals surface area contributed by atoms with Gasteiger partial charge in [0.1, 0.15) is 5.82 Å². The minimum atomic E-state index is -0.357. The summed E-state index contributed by atoms with van der Waals surface area (Å²) in [5, 5.41) is 13.4. The van der Waals surface area contributed by atoms with E-state index in [1.54, 1.807) is 6.92 Å². The first-order valence-electron chi connectivity index (χ1n) is 8.22. The summed E-state index contributed by atoms with van der Waals surface area (Å²) < 4.78 is 15.3. The molecule has 28 heavy (non-hydrogen) atoms. The molecule has 0 saturated heterocycles. The van der Waals surface area contributed by atoms with E-state index in [-0.39, 0.29) is 17.1 Å². The molecule has 4 rings (SSSR count). The summed E-state index contributed by atoms with van der Waals surface area (Å²) in [5.74, 6) is -0.357. The van der Waals surface area contributed by atoms with Crippen LogP contribution in [0.3, 0.4) is 0 Å². The molecule has 0 radical (unpaired) electrons. The summed E-state index contributed by atoms with van der Waals surface area (Å²) in [6, 6.07) is 13.3. The number of aromatic amines is 1. The number of nitrogens with one attached hydrogen (secondary N) is 1. The second-order valence-corrected chi connectivity index (χ2v) is 7.68. The van der Waals surface area contributed by atoms with Crippen LogP contribution in [-0.4, -0.2) is 14.8 Å². The van der Waals surface area contributed by atoms with Gasteiger partial charge < -0.3 is 0 Å². The molecule has 2 aromatic carbocycles. The number of hydrogen-bond acceptors (Lipinski definition) is 5. The smallest absolute Gasteiger partial charge is 0.291 e. The molecule has 0 aliphatic heterocycles. The summed E-state index contributed by atoms with van der Waals surface area (Å²) in [7, 11) is 0. The van der Waals surface area contributed by atoms with E-state index in [2.05, 4.69) is 36.2 Å². The number of hydrogen-bond donors (Lipinski definition) is 1. The maximum atomic E-state index is 13.0. The lowest BCUT2D eigenvalue weighted by Gasteiger charge is -1.97. The van der Waals surface area contributed by atoms with E-state index in [0.29, 0.717) is 16.5 Å². The van der Waals surface area contributed by atoms with Crippen molar-refractivity contribution in [1.82, 2.24) is 14.8 Å². The van der Waals surface area contributed by atoms with Crippen LogP contribution in [0.1, 0.15) is 5.69 Å². The Morgan fingerprint density at radius 2 is 1.82 bits per heavy atom. The second kappa shape index (κ2) is 7.61. The number of halogens is 2. The minimum absolute atomic E-state index is 0.185. The van der Waals surface area contributed by atoms with Crippen molar-refractivity contribution >= 4 is 38.6 Å². The first-order valence-corrected chi connectivity index (χ1v) is 9.89. The Morgan fingerprint density at radius 1 is 1.11 bits per heavy atom. The van der Waals surface area contributed by atoms with Crippen LogP contribution in [0, 0.1) is 12.7 Å². The van der Waals surface area contributed by atoms with Gasteiger partial charge in [-0.25, -0.2) is 9.37 Å². The van der Waals surface area contributed by atoms with E-state index in [0.717, 1.165) is 15.7 Å². The fourth-order valence-electron chi connectivity index (χ4n) is 2.53. The average molecular weight is 458 g/mol. The molecule has 140 valence electrons. The van der Waals surface area contributed by atoms with Crippen molar-refractivity contribution in [2.75, 3.05) is 0 Å². The quantitative estimate of drug-likeness (QED) is 0.386. The molecule has 0 unspecified atom stereocenters. The van der Waals surface area contributed by atoms with Crippen LogP contribution in [0.2, 0.25) is 0 Å². The largest absolute Gasteiger partial charge is 0.301 e. The zero-order valence-corrected chi connectivity index (χ0v) is 17.0. The fraction of sp³-hybridized carbons (Fsp3) is 0.0526. The lowest BCUT2D eigenvalue weighted by atomic mass is 10.2. The van der Waals surface area contributed by atoms with Gasteiger partial charge in [0.15, 0.2) is 5.69 Å². The summed E-state index contributed by atoms with van der Waals surface area (Å²) in [4.78, 5) is 17.3. The lowest BCUT2D eigenvalue weighted by Crippen LogP contribution is -2.13. The van der Waals surface area contributed by atoms with Crippen molar-refractivity contribution in [3.8, 4) is 16.4 Å². The van der Waals surface area contributed by atoms with Gasteiger partial charge in [0, 0.05) is 15.4 Å². The van der Waals surface area contributed by atoms with Crippen LogP contribution >= 0.6 is 27.3 Å². The second-order valence-electron chi connectivity index (χ2n) is 5.92. The Morgan fingerprint density at radius 3 is 2.54 bits per heavy atom. The van der Waals surface area contributed by atoms with Crippen LogP contribution in [0.4, 0.5) is 15.8 Å². The van der Waals surface area contributed by atoms with Crippen LogP contribution < -0.4 is 5.56 Å². The molecular formula is C19H13BrFN5OS. The SMILES string of the molecule is Cc1[nH]n(-c2nc(-c3ccc(Br)cc3)cs2)c(=O)c1N=Nc1ccc(F)cc1. The number of thiazole rings is 1. The molecule has 0 fully saturated rings. The predicted molar refractivity (Wildman–Crippen MR) is 111 cm³/mol. The molecule has 0 spiro atoms. The molecule has 2 aromatic heterocycles. The molecule has 9 heteroatoms. The third kappa shape index (κ3) is 3.71. The summed E-state index contributed by atoms with van der Waals surface area (Å²) >= 11 is 4.76. The van der Waals surface area contributed by atoms with Crippen LogP contribution in [0.25, 0.3) is 16.4 Å². The molecule has 1 N–H and O–H groups in total. The lowest BCUT2D eigenvalue weighted by molar-refractivity contribution is 0.628. The zero-order chi connectivity index (χ0) is 19.7. The van der Waals surface area contributed by atoms with Crippen molar-refractivity contribution in [1.29, 1.82) is 0 Å². The third-order valence-corrected chi connectivity index (χ3v) is 5.31. The average Bonchev–Trinajstić information content (AvgIpc) is 3.27. The van der Waals surface area contributed by atoms with Crippen LogP contribution in [0.15, 0.2) is 73.4 Å². The number of H-pyrrole nitrogens is 1. The van der Waals surface area contributed by atoms with Gasteiger partial charge in [-0.2, -0.15) is 9.80 Å². The fourth-order valence-corrected chi connectivity index (χ4v) is 3.58. The summed E-state index contributed by atoms with van der Waals surface area (Å²) in [6.07, 6.45) is 0. The van der Waals surface area contributed by atoms with Gasteiger partial charge in [-0.15, -0.1) is 16.5 Å². The standard InChI is InChI=1S/C19H13BrFN5OS/c1-11-17(24-23-15-8-6-14(21)7-9-15)18(27)26(25-11)19-22-16(10-28-19)12-2-4-13(20)5-3-12/h2-10,25H,1H3. The predicted octanol–water partition coefficient (Wildman–Crippen LogP) is 5.91. The van der Waals surface area contributed by atoms with E-state index in [4.69, 9.17) is 0 Å². The Kier molecular flexibility index (Phi) is 5.01. The van der Waals surface area contributed by atoms with Crippen LogP contribution in [0.5, 0.6) is 0 Å². The van der Waals surface area contributed by atoms with E-state index < -0.39 is 0 Å². The first kappa shape index (κ1) is 18.5. The molecule has 2 heterocycles. The molecule has 6 nitrogen and oxygen atoms in total. The highest BCUT2D eigenvalue weighted by Crippen LogP contribution is 2.26. The first-order chi connectivity index (χ1) is 13.5. The Bertz CT molecular complexity index is 1210. The molecule has 0 aliphatic rings. The number of nitrogens with zero attached hydrogens (tertiary/aromatic N) is 4. The van der Waals surface area contributed by atoms with Gasteiger partial charge in [0.2, 0.25) is 5.13 Å². The highest BCUT2D eigenvalue weighted by molar-refractivity contribution is 9.10. The summed E-state index contributed by atoms with van der Waals surface area (Å²) in [5.41, 5.74) is 2.60. The van der Waals surface area contributed by atoms with Crippen molar-refractivity contribution in [2.45, 2.75) is 6.92 Å². The van der Waals surface area contributed by atoms with Crippen molar-refractivity contribution in [3.05, 3.63) is 80.2 Å². The Hall–Kier alpha value is -2.91. The Balaban J connectivity index is 1.65. The highest BCUT2D eigenvalue weighted by atomic mass is 79.9. The maximum Gasteiger partial charge on any atom is 0.301 e. The monoisotopic (exact) mass is 457 g/mol. The molecule has 0 atom stereocenters. The number of aryl methyl sites for hydroxylation is 1. The van der Waals surface area contributed by atoms with Crippen molar-refractivity contribution in [3.63, 3.8) is 0 Å². The number of benzene rings is 2. The summed E-state index contributed by atoms with van der Waals surface area (Å²) in [6.45, 7) is 1.74. The molecule has 0 amide bonds. The number of azo groups is 1. The number of aromatic nitrogens is 3. The molecule has 0 saturated carbocycles. The van der Waals surface area contributed by atoms with E-state index in [1.165, 1.54) is 40.3 Å². The molecule has 4 aromatic rings. The van der Waals surface area contributed by atoms with Gasteiger partial charge in [-0.3, -0.25) is 9.89 Å². The van der Waals surface area contributed by atoms with Crippen molar-refractivity contribution in [2.24, 2.45) is 10.2 Å². The van der Waals surface area contributed by atoms with Gasteiger partial charge >= 0.3 is 5.56 Å². The normalized spacial score (nSPS) is 11.4. The van der Waals surface area contributed by atoms with Crippen LogP contribution in [-0.2, 0) is 0 Å². The molecule has 0 bridgehead atoms. The maximum absolute atomic E-state index is 13.0. The third-order valence-electron chi connectivity index (χ3n) is 3.96. The highest BCUT2D eigenvalue weighted by Gasteiger charge is 2.15. The van der Waals surface area contributed by atoms with Gasteiger partial charge in [-0.1, -0.05) is 28.1 Å². The molecular weight excluding hydrogens is 445 g/mol. The zero-order valence-electron chi connectivity index (χ0n) is 14.6. The van der Waals surface area contributed by atoms with E-state index in [9.17, 15) is 9.18 Å². The number of rotatable bonds is 4. The molecule has 0 aliphatic carbocycles. The van der Waals surface area contributed by atoms with E-state index in [1.807, 2.05) is 29.6 Å². The Labute approximate surface area is 171 Å². The van der Waals surface area contributed by atoms with Gasteiger partial charge in [0.05, 0.1) is 17.1 Å². The minimum Gasteiger partial charge on any atom is -0.291 e.